The van der Waals surface area contributed by atoms with Crippen LogP contribution in [0.1, 0.15) is 110 Å². The van der Waals surface area contributed by atoms with Crippen LogP contribution in [-0.2, 0) is 0 Å². The predicted molar refractivity (Wildman–Crippen MR) is 116 cm³/mol. The van der Waals surface area contributed by atoms with Crippen LogP contribution in [0.25, 0.3) is 0 Å². The van der Waals surface area contributed by atoms with Gasteiger partial charge in [-0.05, 0) is 45.4 Å². The fourth-order valence-corrected chi connectivity index (χ4v) is 3.67. The summed E-state index contributed by atoms with van der Waals surface area (Å²) in [5.74, 6) is 0. The Morgan fingerprint density at radius 2 is 1.42 bits per heavy atom. The van der Waals surface area contributed by atoms with Crippen LogP contribution in [0.2, 0.25) is 0 Å². The number of unbranched alkanes of at least 4 members (excludes halogenated alkanes) is 12. The molecule has 0 saturated carbocycles. The highest BCUT2D eigenvalue weighted by Gasteiger charge is 2.20. The van der Waals surface area contributed by atoms with Crippen LogP contribution in [-0.4, -0.2) is 17.2 Å². The first-order valence-electron chi connectivity index (χ1n) is 11.4. The highest BCUT2D eigenvalue weighted by atomic mass is 15.3. The van der Waals surface area contributed by atoms with E-state index < -0.39 is 0 Å². The molecule has 2 atom stereocenters. The van der Waals surface area contributed by atoms with Gasteiger partial charge in [-0.2, -0.15) is 0 Å². The number of hydrogen-bond donors (Lipinski definition) is 2. The molecule has 3 heteroatoms. The highest BCUT2D eigenvalue weighted by Crippen LogP contribution is 2.15. The number of rotatable bonds is 17. The summed E-state index contributed by atoms with van der Waals surface area (Å²) in [4.78, 5) is 2.22. The summed E-state index contributed by atoms with van der Waals surface area (Å²) in [7, 11) is 0. The SMILES string of the molecule is CCCCCCCC/C=C/CCCCCCCCC1NC=CN1C(C)N. The second-order valence-electron chi connectivity index (χ2n) is 7.91. The van der Waals surface area contributed by atoms with Gasteiger partial charge < -0.3 is 16.0 Å². The van der Waals surface area contributed by atoms with Crippen LogP contribution in [0.15, 0.2) is 24.6 Å². The molecule has 3 nitrogen and oxygen atoms in total. The van der Waals surface area contributed by atoms with Crippen molar-refractivity contribution in [1.82, 2.24) is 10.2 Å². The van der Waals surface area contributed by atoms with Crippen LogP contribution in [0, 0.1) is 0 Å². The van der Waals surface area contributed by atoms with Gasteiger partial charge in [-0.1, -0.05) is 76.9 Å². The van der Waals surface area contributed by atoms with Gasteiger partial charge in [-0.3, -0.25) is 0 Å². The van der Waals surface area contributed by atoms with Crippen LogP contribution < -0.4 is 11.1 Å². The van der Waals surface area contributed by atoms with E-state index in [4.69, 9.17) is 5.73 Å². The average molecular weight is 364 g/mol. The summed E-state index contributed by atoms with van der Waals surface area (Å²) in [6.07, 6.45) is 29.7. The number of allylic oxidation sites excluding steroid dienone is 2. The van der Waals surface area contributed by atoms with Crippen molar-refractivity contribution < 1.29 is 0 Å². The second kappa shape index (κ2) is 16.2. The second-order valence-corrected chi connectivity index (χ2v) is 7.91. The predicted octanol–water partition coefficient (Wildman–Crippen LogP) is 6.42. The molecule has 0 aromatic heterocycles. The minimum absolute atomic E-state index is 0.0976. The fourth-order valence-electron chi connectivity index (χ4n) is 3.67. The van der Waals surface area contributed by atoms with Gasteiger partial charge in [0.25, 0.3) is 0 Å². The van der Waals surface area contributed by atoms with Crippen LogP contribution in [0.5, 0.6) is 0 Å². The Balaban J connectivity index is 1.80. The lowest BCUT2D eigenvalue weighted by Crippen LogP contribution is -2.44. The fraction of sp³-hybridized carbons (Fsp3) is 0.826. The summed E-state index contributed by atoms with van der Waals surface area (Å²) in [6, 6.07) is 0. The van der Waals surface area contributed by atoms with Crippen LogP contribution in [0.3, 0.4) is 0 Å². The van der Waals surface area contributed by atoms with E-state index >= 15 is 0 Å². The highest BCUT2D eigenvalue weighted by molar-refractivity contribution is 4.95. The molecular formula is C23H45N3. The molecule has 0 aromatic carbocycles. The molecular weight excluding hydrogens is 318 g/mol. The minimum Gasteiger partial charge on any atom is -0.370 e. The molecule has 2 unspecified atom stereocenters. The maximum atomic E-state index is 5.98. The van der Waals surface area contributed by atoms with E-state index in [1.807, 2.05) is 13.1 Å². The van der Waals surface area contributed by atoms with E-state index in [1.165, 1.54) is 96.3 Å². The third-order valence-corrected chi connectivity index (χ3v) is 5.35. The lowest BCUT2D eigenvalue weighted by atomic mass is 10.1. The molecule has 0 aromatic rings. The van der Waals surface area contributed by atoms with Crippen molar-refractivity contribution in [2.45, 2.75) is 122 Å². The van der Waals surface area contributed by atoms with Gasteiger partial charge in [0.1, 0.15) is 0 Å². The summed E-state index contributed by atoms with van der Waals surface area (Å²) in [5, 5.41) is 3.40. The molecule has 1 heterocycles. The van der Waals surface area contributed by atoms with E-state index in [-0.39, 0.29) is 6.17 Å². The number of hydrogen-bond acceptors (Lipinski definition) is 3. The van der Waals surface area contributed by atoms with Crippen LogP contribution in [0.4, 0.5) is 0 Å². The third-order valence-electron chi connectivity index (χ3n) is 5.35. The molecule has 3 N–H and O–H groups in total. The smallest absolute Gasteiger partial charge is 0.0995 e. The molecule has 0 fully saturated rings. The van der Waals surface area contributed by atoms with Crippen LogP contribution >= 0.6 is 0 Å². The van der Waals surface area contributed by atoms with Crippen molar-refractivity contribution in [2.24, 2.45) is 5.73 Å². The molecule has 0 bridgehead atoms. The maximum Gasteiger partial charge on any atom is 0.0995 e. The quantitative estimate of drug-likeness (QED) is 0.231. The van der Waals surface area contributed by atoms with Gasteiger partial charge in [0.15, 0.2) is 0 Å². The molecule has 0 aliphatic carbocycles. The normalized spacial score (nSPS) is 18.0. The van der Waals surface area contributed by atoms with Crippen molar-refractivity contribution in [3.05, 3.63) is 24.6 Å². The monoisotopic (exact) mass is 363 g/mol. The van der Waals surface area contributed by atoms with Gasteiger partial charge in [0.2, 0.25) is 0 Å². The zero-order valence-corrected chi connectivity index (χ0v) is 17.6. The van der Waals surface area contributed by atoms with Gasteiger partial charge in [0.05, 0.1) is 12.3 Å². The van der Waals surface area contributed by atoms with Crippen molar-refractivity contribution in [1.29, 1.82) is 0 Å². The van der Waals surface area contributed by atoms with E-state index in [2.05, 4.69) is 35.5 Å². The molecule has 1 aliphatic heterocycles. The van der Waals surface area contributed by atoms with Gasteiger partial charge in [-0.25, -0.2) is 0 Å². The summed E-state index contributed by atoms with van der Waals surface area (Å²) in [6.45, 7) is 4.33. The Labute approximate surface area is 163 Å². The molecule has 0 amide bonds. The van der Waals surface area contributed by atoms with E-state index in [1.54, 1.807) is 0 Å². The Morgan fingerprint density at radius 3 is 2.00 bits per heavy atom. The Bertz CT molecular complexity index is 362. The molecule has 0 radical (unpaired) electrons. The van der Waals surface area contributed by atoms with E-state index in [9.17, 15) is 0 Å². The molecule has 1 rings (SSSR count). The lowest BCUT2D eigenvalue weighted by Gasteiger charge is -2.28. The van der Waals surface area contributed by atoms with Crippen molar-refractivity contribution in [3.8, 4) is 0 Å². The van der Waals surface area contributed by atoms with Crippen molar-refractivity contribution in [2.75, 3.05) is 0 Å². The summed E-state index contributed by atoms with van der Waals surface area (Å²) in [5.41, 5.74) is 5.98. The summed E-state index contributed by atoms with van der Waals surface area (Å²) >= 11 is 0. The number of nitrogens with zero attached hydrogens (tertiary/aromatic N) is 1. The average Bonchev–Trinajstić information content (AvgIpc) is 3.10. The first-order valence-corrected chi connectivity index (χ1v) is 11.4. The first-order chi connectivity index (χ1) is 12.8. The Kier molecular flexibility index (Phi) is 14.4. The zero-order valence-electron chi connectivity index (χ0n) is 17.6. The topological polar surface area (TPSA) is 41.3 Å². The zero-order chi connectivity index (χ0) is 18.9. The lowest BCUT2D eigenvalue weighted by molar-refractivity contribution is 0.208. The standard InChI is InChI=1S/C23H45N3/c1-3-4-5-6-7-8-9-10-11-12-13-14-15-16-17-18-19-23-25-20-21-26(23)22(2)24/h10-11,20-23,25H,3-9,12-19,24H2,1-2H3/b11-10+. The minimum atomic E-state index is 0.0976. The molecule has 1 aliphatic rings. The molecule has 0 spiro atoms. The maximum absolute atomic E-state index is 5.98. The Morgan fingerprint density at radius 1 is 0.885 bits per heavy atom. The van der Waals surface area contributed by atoms with E-state index in [0.29, 0.717) is 6.17 Å². The number of nitrogens with two attached hydrogens (primary N) is 1. The molecule has 0 saturated heterocycles. The van der Waals surface area contributed by atoms with Gasteiger partial charge in [-0.15, -0.1) is 0 Å². The van der Waals surface area contributed by atoms with Gasteiger partial charge in [0, 0.05) is 12.4 Å². The van der Waals surface area contributed by atoms with Crippen molar-refractivity contribution in [3.63, 3.8) is 0 Å². The number of nitrogens with one attached hydrogen (secondary N) is 1. The van der Waals surface area contributed by atoms with E-state index in [0.717, 1.165) is 0 Å². The molecule has 152 valence electrons. The van der Waals surface area contributed by atoms with Crippen molar-refractivity contribution >= 4 is 0 Å². The Hall–Kier alpha value is -0.960. The molecule has 26 heavy (non-hydrogen) atoms. The summed E-state index contributed by atoms with van der Waals surface area (Å²) < 4.78 is 0. The first kappa shape index (κ1) is 23.1. The third kappa shape index (κ3) is 11.6. The van der Waals surface area contributed by atoms with Gasteiger partial charge >= 0.3 is 0 Å². The largest absolute Gasteiger partial charge is 0.370 e.